The summed E-state index contributed by atoms with van der Waals surface area (Å²) in [6, 6.07) is 1.99. The highest BCUT2D eigenvalue weighted by molar-refractivity contribution is 6.00. The Balaban J connectivity index is 1.78. The van der Waals surface area contributed by atoms with Gasteiger partial charge in [-0.05, 0) is 31.2 Å². The van der Waals surface area contributed by atoms with Crippen molar-refractivity contribution in [3.05, 3.63) is 41.1 Å². The van der Waals surface area contributed by atoms with Crippen molar-refractivity contribution >= 4 is 28.0 Å². The molecule has 3 aromatic rings. The summed E-state index contributed by atoms with van der Waals surface area (Å²) in [6.45, 7) is 0. The molecule has 0 bridgehead atoms. The molecular weight excluding hydrogens is 308 g/mol. The number of hydrogen-bond donors (Lipinski definition) is 3. The van der Waals surface area contributed by atoms with Crippen LogP contribution >= 0.6 is 0 Å². The third-order valence-electron chi connectivity index (χ3n) is 4.82. The van der Waals surface area contributed by atoms with E-state index in [4.69, 9.17) is 5.11 Å². The molecule has 7 heteroatoms. The van der Waals surface area contributed by atoms with E-state index in [9.17, 15) is 9.59 Å². The summed E-state index contributed by atoms with van der Waals surface area (Å²) in [7, 11) is 0. The van der Waals surface area contributed by atoms with Crippen molar-refractivity contribution in [2.24, 2.45) is 5.92 Å². The largest absolute Gasteiger partial charge is 0.478 e. The monoisotopic (exact) mass is 326 g/mol. The molecule has 0 spiro atoms. The third-order valence-corrected chi connectivity index (χ3v) is 4.82. The molecule has 1 aliphatic carbocycles. The van der Waals surface area contributed by atoms with E-state index in [2.05, 4.69) is 15.0 Å². The van der Waals surface area contributed by atoms with Crippen molar-refractivity contribution in [2.75, 3.05) is 0 Å². The number of pyridine rings is 1. The van der Waals surface area contributed by atoms with Crippen LogP contribution in [-0.2, 0) is 4.79 Å². The average molecular weight is 326 g/mol. The number of aromatic amines is 2. The van der Waals surface area contributed by atoms with Gasteiger partial charge in [0.05, 0.1) is 17.2 Å². The van der Waals surface area contributed by atoms with Gasteiger partial charge in [0.2, 0.25) is 0 Å². The van der Waals surface area contributed by atoms with Gasteiger partial charge in [0.1, 0.15) is 5.65 Å². The maximum atomic E-state index is 12.5. The summed E-state index contributed by atoms with van der Waals surface area (Å²) >= 11 is 0. The zero-order valence-electron chi connectivity index (χ0n) is 13.0. The summed E-state index contributed by atoms with van der Waals surface area (Å²) in [6.07, 6.45) is 10.1. The van der Waals surface area contributed by atoms with Gasteiger partial charge in [-0.1, -0.05) is 12.5 Å². The highest BCUT2D eigenvalue weighted by Gasteiger charge is 2.25. The Bertz CT molecular complexity index is 994. The summed E-state index contributed by atoms with van der Waals surface area (Å²) in [4.78, 5) is 33.6. The van der Waals surface area contributed by atoms with Crippen molar-refractivity contribution in [1.82, 2.24) is 19.5 Å². The Morgan fingerprint density at radius 1 is 1.42 bits per heavy atom. The maximum Gasteiger partial charge on any atom is 0.327 e. The molecule has 0 saturated heterocycles. The number of carbonyl (C=O) groups is 1. The quantitative estimate of drug-likeness (QED) is 0.643. The van der Waals surface area contributed by atoms with Crippen LogP contribution < -0.4 is 5.69 Å². The molecule has 0 radical (unpaired) electrons. The smallest absolute Gasteiger partial charge is 0.327 e. The van der Waals surface area contributed by atoms with Crippen LogP contribution in [0.15, 0.2) is 35.4 Å². The van der Waals surface area contributed by atoms with Gasteiger partial charge in [-0.25, -0.2) is 14.6 Å². The fourth-order valence-corrected chi connectivity index (χ4v) is 3.80. The second-order valence-corrected chi connectivity index (χ2v) is 6.34. The van der Waals surface area contributed by atoms with Crippen molar-refractivity contribution in [2.45, 2.75) is 31.7 Å². The van der Waals surface area contributed by atoms with E-state index in [0.29, 0.717) is 0 Å². The first-order valence-corrected chi connectivity index (χ1v) is 8.11. The molecule has 4 rings (SSSR count). The molecule has 0 unspecified atom stereocenters. The highest BCUT2D eigenvalue weighted by Crippen LogP contribution is 2.35. The minimum Gasteiger partial charge on any atom is -0.478 e. The van der Waals surface area contributed by atoms with Crippen molar-refractivity contribution in [3.8, 4) is 0 Å². The number of carboxylic acid groups (broad SMARTS) is 1. The Morgan fingerprint density at radius 2 is 2.29 bits per heavy atom. The van der Waals surface area contributed by atoms with E-state index in [1.54, 1.807) is 12.3 Å². The van der Waals surface area contributed by atoms with E-state index in [-0.39, 0.29) is 17.6 Å². The number of nitrogens with zero attached hydrogens (tertiary/aromatic N) is 2. The van der Waals surface area contributed by atoms with Gasteiger partial charge in [-0.2, -0.15) is 0 Å². The first kappa shape index (κ1) is 14.7. The zero-order valence-corrected chi connectivity index (χ0v) is 13.0. The van der Waals surface area contributed by atoms with Crippen LogP contribution in [-0.4, -0.2) is 30.6 Å². The minimum atomic E-state index is -0.929. The molecule has 1 saturated carbocycles. The standard InChI is InChI=1S/C17H18N4O3/c22-14(23)5-4-10-2-1-3-11(8-10)21-15-12-6-7-18-16(12)19-9-13(15)20-17(21)24/h4-7,9-11H,1-3,8H2,(H,18,19)(H,20,24)(H,22,23)/b5-4+/t10-,11-/m0/s1. The van der Waals surface area contributed by atoms with Crippen LogP contribution in [0.1, 0.15) is 31.7 Å². The number of carboxylic acids is 1. The maximum absolute atomic E-state index is 12.5. The number of imidazole rings is 1. The summed E-state index contributed by atoms with van der Waals surface area (Å²) < 4.78 is 1.83. The zero-order chi connectivity index (χ0) is 16.7. The van der Waals surface area contributed by atoms with Gasteiger partial charge in [0, 0.05) is 23.7 Å². The molecule has 0 aliphatic heterocycles. The van der Waals surface area contributed by atoms with Crippen molar-refractivity contribution in [1.29, 1.82) is 0 Å². The number of aromatic nitrogens is 4. The molecule has 3 aromatic heterocycles. The van der Waals surface area contributed by atoms with Crippen LogP contribution in [0.2, 0.25) is 0 Å². The number of allylic oxidation sites excluding steroid dienone is 1. The van der Waals surface area contributed by atoms with Gasteiger partial charge >= 0.3 is 11.7 Å². The lowest BCUT2D eigenvalue weighted by Crippen LogP contribution is -2.26. The number of rotatable bonds is 3. The van der Waals surface area contributed by atoms with Gasteiger partial charge < -0.3 is 15.1 Å². The molecule has 124 valence electrons. The van der Waals surface area contributed by atoms with E-state index in [0.717, 1.165) is 47.8 Å². The van der Waals surface area contributed by atoms with Crippen LogP contribution in [0, 0.1) is 5.92 Å². The minimum absolute atomic E-state index is 0.0592. The predicted molar refractivity (Wildman–Crippen MR) is 90.0 cm³/mol. The molecule has 2 atom stereocenters. The normalized spacial score (nSPS) is 21.8. The Labute approximate surface area is 137 Å². The van der Waals surface area contributed by atoms with Crippen LogP contribution in [0.4, 0.5) is 0 Å². The predicted octanol–water partition coefficient (Wildman–Crippen LogP) is 2.58. The van der Waals surface area contributed by atoms with E-state index in [1.165, 1.54) is 6.08 Å². The first-order chi connectivity index (χ1) is 11.6. The Morgan fingerprint density at radius 3 is 3.12 bits per heavy atom. The molecule has 1 aliphatic rings. The Hall–Kier alpha value is -2.83. The molecule has 3 N–H and O–H groups in total. The molecule has 24 heavy (non-hydrogen) atoms. The molecule has 0 amide bonds. The second kappa shape index (κ2) is 5.67. The number of H-pyrrole nitrogens is 2. The molecular formula is C17H18N4O3. The summed E-state index contributed by atoms with van der Waals surface area (Å²) in [5.41, 5.74) is 2.23. The van der Waals surface area contributed by atoms with Crippen LogP contribution in [0.5, 0.6) is 0 Å². The van der Waals surface area contributed by atoms with E-state index < -0.39 is 5.97 Å². The van der Waals surface area contributed by atoms with Crippen molar-refractivity contribution < 1.29 is 9.90 Å². The molecule has 1 fully saturated rings. The first-order valence-electron chi connectivity index (χ1n) is 8.11. The topological polar surface area (TPSA) is 104 Å². The number of aliphatic carboxylic acids is 1. The van der Waals surface area contributed by atoms with Gasteiger partial charge in [-0.15, -0.1) is 0 Å². The lowest BCUT2D eigenvalue weighted by atomic mass is 9.85. The summed E-state index contributed by atoms with van der Waals surface area (Å²) in [5, 5.41) is 9.74. The SMILES string of the molecule is O=C(O)/C=C/[C@@H]1CCC[C@H](n2c(=O)[nH]c3cnc4[nH]ccc4c32)C1. The van der Waals surface area contributed by atoms with Crippen molar-refractivity contribution in [3.63, 3.8) is 0 Å². The van der Waals surface area contributed by atoms with E-state index >= 15 is 0 Å². The van der Waals surface area contributed by atoms with Crippen LogP contribution in [0.3, 0.4) is 0 Å². The third kappa shape index (κ3) is 2.42. The van der Waals surface area contributed by atoms with Crippen LogP contribution in [0.25, 0.3) is 22.1 Å². The molecule has 7 nitrogen and oxygen atoms in total. The summed E-state index contributed by atoms with van der Waals surface area (Å²) in [5.74, 6) is -0.748. The van der Waals surface area contributed by atoms with E-state index in [1.807, 2.05) is 16.8 Å². The molecule has 3 heterocycles. The highest BCUT2D eigenvalue weighted by atomic mass is 16.4. The lowest BCUT2D eigenvalue weighted by Gasteiger charge is -2.28. The number of hydrogen-bond acceptors (Lipinski definition) is 3. The fraction of sp³-hybridized carbons (Fsp3) is 0.353. The number of nitrogens with one attached hydrogen (secondary N) is 2. The van der Waals surface area contributed by atoms with Gasteiger partial charge in [0.25, 0.3) is 0 Å². The van der Waals surface area contributed by atoms with Gasteiger partial charge in [-0.3, -0.25) is 4.57 Å². The second-order valence-electron chi connectivity index (χ2n) is 6.34. The average Bonchev–Trinajstić information content (AvgIpc) is 3.16. The number of fused-ring (bicyclic) bond motifs is 3. The molecule has 0 aromatic carbocycles. The fourth-order valence-electron chi connectivity index (χ4n) is 3.80. The Kier molecular flexibility index (Phi) is 3.48. The lowest BCUT2D eigenvalue weighted by molar-refractivity contribution is -0.131. The van der Waals surface area contributed by atoms with Gasteiger partial charge in [0.15, 0.2) is 0 Å².